The van der Waals surface area contributed by atoms with E-state index in [2.05, 4.69) is 30.8 Å². The number of aliphatic hydroxyl groups excluding tert-OH is 1. The van der Waals surface area contributed by atoms with Crippen LogP contribution in [-0.2, 0) is 38.2 Å². The van der Waals surface area contributed by atoms with E-state index in [1.54, 1.807) is 7.05 Å². The molecule has 0 amide bonds. The molecule has 0 aromatic heterocycles. The van der Waals surface area contributed by atoms with Crippen LogP contribution in [0.2, 0.25) is 0 Å². The third kappa shape index (κ3) is 24.2. The van der Waals surface area contributed by atoms with Crippen molar-refractivity contribution in [3.63, 3.8) is 0 Å². The third-order valence-corrected chi connectivity index (χ3v) is 15.1. The third-order valence-electron chi connectivity index (χ3n) is 15.1. The molecule has 0 spiro atoms. The van der Waals surface area contributed by atoms with Crippen molar-refractivity contribution in [2.45, 2.75) is 207 Å². The summed E-state index contributed by atoms with van der Waals surface area (Å²) in [4.78, 5) is 53.9. The highest BCUT2D eigenvalue weighted by Crippen LogP contribution is 2.67. The van der Waals surface area contributed by atoms with Crippen molar-refractivity contribution < 1.29 is 53.5 Å². The highest BCUT2D eigenvalue weighted by atomic mass is 16.6. The molecule has 14 heteroatoms. The van der Waals surface area contributed by atoms with Crippen LogP contribution in [0.4, 0.5) is 0 Å². The lowest BCUT2D eigenvalue weighted by molar-refractivity contribution is -0.152. The molecule has 4 rings (SSSR count). The molecule has 65 heavy (non-hydrogen) atoms. The second kappa shape index (κ2) is 35.3. The van der Waals surface area contributed by atoms with E-state index in [-0.39, 0.29) is 50.5 Å². The number of carbonyl (C=O) groups is 5. The average Bonchev–Trinajstić information content (AvgIpc) is 3.62. The number of aliphatic hydroxyl groups is 1. The number of nitrogens with two attached hydrogens (primary N) is 2. The molecule has 8 atom stereocenters. The Morgan fingerprint density at radius 3 is 1.68 bits per heavy atom. The first-order valence-corrected chi connectivity index (χ1v) is 25.7. The topological polar surface area (TPSA) is 238 Å². The van der Waals surface area contributed by atoms with E-state index >= 15 is 0 Å². The zero-order valence-corrected chi connectivity index (χ0v) is 41.6. The molecule has 0 aromatic rings. The Kier molecular flexibility index (Phi) is 32.7. The number of fused-ring (bicyclic) bond motifs is 5. The monoisotopic (exact) mass is 926 g/mol. The fourth-order valence-electron chi connectivity index (χ4n) is 11.5. The summed E-state index contributed by atoms with van der Waals surface area (Å²) in [6.45, 7) is 8.45. The average molecular weight is 926 g/mol. The van der Waals surface area contributed by atoms with Gasteiger partial charge in [-0.3, -0.25) is 24.0 Å². The van der Waals surface area contributed by atoms with Gasteiger partial charge in [0.2, 0.25) is 0 Å². The van der Waals surface area contributed by atoms with E-state index in [4.69, 9.17) is 31.2 Å². The van der Waals surface area contributed by atoms with Crippen LogP contribution >= 0.6 is 0 Å². The fraction of sp³-hybridized carbons (Fsp3) is 0.902. The number of carboxylic acid groups (broad SMARTS) is 2. The SMILES string of the molecule is CCCCCCCCCCCCCC(=O)OCC(O)COC(=O)CCCC1CCC2C3CCC4CCCCC4(C)C3CCC12C.CNCCC(=O)O.COC(=O)CCN.NCCC(=O)O. The fourth-order valence-corrected chi connectivity index (χ4v) is 11.5. The molecular formula is C51H95N3O11. The van der Waals surface area contributed by atoms with Gasteiger partial charge in [0.05, 0.1) is 26.4 Å². The molecule has 0 saturated heterocycles. The van der Waals surface area contributed by atoms with Gasteiger partial charge >= 0.3 is 29.8 Å². The van der Waals surface area contributed by atoms with Crippen molar-refractivity contribution in [2.75, 3.05) is 47.0 Å². The first-order chi connectivity index (χ1) is 31.1. The molecule has 0 aliphatic heterocycles. The first kappa shape index (κ1) is 60.2. The highest BCUT2D eigenvalue weighted by Gasteiger charge is 2.59. The van der Waals surface area contributed by atoms with Crippen molar-refractivity contribution in [3.05, 3.63) is 0 Å². The number of carboxylic acids is 2. The Balaban J connectivity index is 0.000000875. The van der Waals surface area contributed by atoms with Gasteiger partial charge in [0.25, 0.3) is 0 Å². The summed E-state index contributed by atoms with van der Waals surface area (Å²) in [6, 6.07) is 0. The predicted molar refractivity (Wildman–Crippen MR) is 256 cm³/mol. The van der Waals surface area contributed by atoms with Gasteiger partial charge in [0, 0.05) is 32.5 Å². The number of rotatable bonds is 27. The number of methoxy groups -OCH3 is 1. The molecule has 0 bridgehead atoms. The lowest BCUT2D eigenvalue weighted by Crippen LogP contribution is -2.52. The van der Waals surface area contributed by atoms with E-state index in [1.165, 1.54) is 129 Å². The minimum Gasteiger partial charge on any atom is -0.481 e. The Morgan fingerprint density at radius 1 is 0.631 bits per heavy atom. The zero-order chi connectivity index (χ0) is 48.5. The molecular weight excluding hydrogens is 831 g/mol. The highest BCUT2D eigenvalue weighted by molar-refractivity contribution is 5.70. The largest absolute Gasteiger partial charge is 0.481 e. The summed E-state index contributed by atoms with van der Waals surface area (Å²) < 4.78 is 14.9. The summed E-state index contributed by atoms with van der Waals surface area (Å²) in [6.07, 6.45) is 30.3. The van der Waals surface area contributed by atoms with Crippen molar-refractivity contribution in [3.8, 4) is 0 Å². The molecule has 8 unspecified atom stereocenters. The summed E-state index contributed by atoms with van der Waals surface area (Å²) in [5, 5.41) is 28.8. The number of unbranched alkanes of at least 4 members (excludes halogenated alkanes) is 10. The van der Waals surface area contributed by atoms with Crippen LogP contribution in [0, 0.1) is 40.4 Å². The molecule has 14 nitrogen and oxygen atoms in total. The molecule has 4 aliphatic carbocycles. The summed E-state index contributed by atoms with van der Waals surface area (Å²) >= 11 is 0. The minimum absolute atomic E-state index is 0.0694. The summed E-state index contributed by atoms with van der Waals surface area (Å²) in [5.74, 6) is 2.09. The van der Waals surface area contributed by atoms with E-state index in [1.807, 2.05) is 0 Å². The molecule has 8 N–H and O–H groups in total. The standard InChI is InChI=1S/C40H70O5.2C4H9NO2.C3H7NO2/c1-4-5-6-7-8-9-10-11-12-13-14-20-37(42)44-29-33(41)30-45-38(43)21-17-19-32-23-25-35-34-24-22-31-18-15-16-27-39(31,2)36(34)26-28-40(32,35)3;1-7-4(6)2-3-5;1-5-3-2-4(6)7;4-2-1-3(5)6/h31-36,41H,4-30H2,1-3H3;2-3,5H2,1H3;5H,2-3H2,1H3,(H,6,7);1-2,4H2,(H,5,6). The molecule has 0 heterocycles. The van der Waals surface area contributed by atoms with Gasteiger partial charge in [-0.1, -0.05) is 97.8 Å². The van der Waals surface area contributed by atoms with E-state index < -0.39 is 18.0 Å². The Bertz CT molecular complexity index is 1320. The molecule has 4 aliphatic rings. The summed E-state index contributed by atoms with van der Waals surface area (Å²) in [5.41, 5.74) is 10.9. The van der Waals surface area contributed by atoms with E-state index in [0.29, 0.717) is 43.2 Å². The second-order valence-corrected chi connectivity index (χ2v) is 19.7. The van der Waals surface area contributed by atoms with E-state index in [9.17, 15) is 29.1 Å². The smallest absolute Gasteiger partial charge is 0.306 e. The van der Waals surface area contributed by atoms with Gasteiger partial charge in [-0.25, -0.2) is 0 Å². The van der Waals surface area contributed by atoms with Gasteiger partial charge < -0.3 is 46.3 Å². The number of carbonyl (C=O) groups excluding carboxylic acids is 3. The summed E-state index contributed by atoms with van der Waals surface area (Å²) in [7, 11) is 3.07. The number of esters is 3. The lowest BCUT2D eigenvalue weighted by atomic mass is 9.45. The maximum atomic E-state index is 12.5. The van der Waals surface area contributed by atoms with E-state index in [0.717, 1.165) is 55.3 Å². The number of nitrogens with one attached hydrogen (secondary N) is 1. The molecule has 0 radical (unpaired) electrons. The van der Waals surface area contributed by atoms with Gasteiger partial charge in [-0.05, 0) is 118 Å². The van der Waals surface area contributed by atoms with Crippen LogP contribution in [0.5, 0.6) is 0 Å². The normalized spacial score (nSPS) is 25.5. The van der Waals surface area contributed by atoms with Crippen LogP contribution in [0.1, 0.15) is 201 Å². The van der Waals surface area contributed by atoms with Crippen LogP contribution < -0.4 is 16.8 Å². The van der Waals surface area contributed by atoms with Crippen molar-refractivity contribution >= 4 is 29.8 Å². The second-order valence-electron chi connectivity index (χ2n) is 19.7. The molecule has 4 fully saturated rings. The molecule has 380 valence electrons. The minimum atomic E-state index is -0.957. The van der Waals surface area contributed by atoms with Gasteiger partial charge in [-0.15, -0.1) is 0 Å². The lowest BCUT2D eigenvalue weighted by Gasteiger charge is -2.60. The number of hydrogen-bond donors (Lipinski definition) is 6. The van der Waals surface area contributed by atoms with Crippen LogP contribution in [-0.4, -0.2) is 98.3 Å². The number of aliphatic carboxylic acids is 2. The first-order valence-electron chi connectivity index (χ1n) is 25.7. The number of hydrogen-bond acceptors (Lipinski definition) is 12. The Morgan fingerprint density at radius 2 is 1.18 bits per heavy atom. The maximum Gasteiger partial charge on any atom is 0.306 e. The Hall–Kier alpha value is -2.81. The van der Waals surface area contributed by atoms with Crippen LogP contribution in [0.15, 0.2) is 0 Å². The maximum absolute atomic E-state index is 12.5. The van der Waals surface area contributed by atoms with Gasteiger partial charge in [0.1, 0.15) is 19.3 Å². The van der Waals surface area contributed by atoms with Crippen molar-refractivity contribution in [1.82, 2.24) is 5.32 Å². The Labute approximate surface area is 393 Å². The number of ether oxygens (including phenoxy) is 3. The molecule has 4 saturated carbocycles. The van der Waals surface area contributed by atoms with Crippen LogP contribution in [0.25, 0.3) is 0 Å². The quantitative estimate of drug-likeness (QED) is 0.0256. The van der Waals surface area contributed by atoms with Crippen LogP contribution in [0.3, 0.4) is 0 Å². The van der Waals surface area contributed by atoms with Gasteiger partial charge in [-0.2, -0.15) is 0 Å². The van der Waals surface area contributed by atoms with Crippen molar-refractivity contribution in [1.29, 1.82) is 0 Å². The zero-order valence-electron chi connectivity index (χ0n) is 41.6. The van der Waals surface area contributed by atoms with Gasteiger partial charge in [0.15, 0.2) is 0 Å². The molecule has 0 aromatic carbocycles. The van der Waals surface area contributed by atoms with Crippen molar-refractivity contribution in [2.24, 2.45) is 51.9 Å². The predicted octanol–water partition coefficient (Wildman–Crippen LogP) is 8.96.